The number of nitrogens with zero attached hydrogens (tertiary/aromatic N) is 2. The van der Waals surface area contributed by atoms with Crippen molar-refractivity contribution in [2.45, 2.75) is 32.4 Å². The lowest BCUT2D eigenvalue weighted by molar-refractivity contribution is 0.307. The fourth-order valence-corrected chi connectivity index (χ4v) is 2.77. The maximum absolute atomic E-state index is 5.89. The van der Waals surface area contributed by atoms with Crippen molar-refractivity contribution in [2.24, 2.45) is 15.9 Å². The summed E-state index contributed by atoms with van der Waals surface area (Å²) in [5, 5.41) is 8.57. The fraction of sp³-hybridized carbons (Fsp3) is 0.300. The molecule has 0 unspecified atom stereocenters. The summed E-state index contributed by atoms with van der Waals surface area (Å²) in [6.45, 7) is 4.94. The fourth-order valence-electron chi connectivity index (χ4n) is 2.15. The molecule has 0 aliphatic rings. The van der Waals surface area contributed by atoms with E-state index in [2.05, 4.69) is 29.3 Å². The first-order valence-electron chi connectivity index (χ1n) is 8.45. The molecule has 0 atom stereocenters. The van der Waals surface area contributed by atoms with Crippen LogP contribution < -0.4 is 10.5 Å². The van der Waals surface area contributed by atoms with E-state index < -0.39 is 0 Å². The summed E-state index contributed by atoms with van der Waals surface area (Å²) in [7, 11) is 0. The summed E-state index contributed by atoms with van der Waals surface area (Å²) in [6.07, 6.45) is 3.90. The molecule has 0 aromatic heterocycles. The van der Waals surface area contributed by atoms with Crippen LogP contribution >= 0.6 is 11.8 Å². The average Bonchev–Trinajstić information content (AvgIpc) is 2.63. The van der Waals surface area contributed by atoms with E-state index in [1.54, 1.807) is 6.21 Å². The largest absolute Gasteiger partial charge is 0.493 e. The molecule has 2 N–H and O–H groups in total. The van der Waals surface area contributed by atoms with E-state index in [-0.39, 0.29) is 0 Å². The van der Waals surface area contributed by atoms with E-state index in [0.717, 1.165) is 42.1 Å². The molecule has 0 heterocycles. The molecule has 0 aliphatic carbocycles. The first-order chi connectivity index (χ1) is 12.2. The Morgan fingerprint density at radius 2 is 2.00 bits per heavy atom. The SMILES string of the molecule is CCCCOc1ccc(C=NN=C(N)SCc2ccccc2)cc1C. The van der Waals surface area contributed by atoms with Crippen LogP contribution in [0.25, 0.3) is 0 Å². The van der Waals surface area contributed by atoms with Gasteiger partial charge in [-0.1, -0.05) is 55.4 Å². The highest BCUT2D eigenvalue weighted by atomic mass is 32.2. The minimum atomic E-state index is 0.455. The van der Waals surface area contributed by atoms with Crippen LogP contribution in [0.2, 0.25) is 0 Å². The lowest BCUT2D eigenvalue weighted by Crippen LogP contribution is -2.06. The lowest BCUT2D eigenvalue weighted by atomic mass is 10.1. The van der Waals surface area contributed by atoms with Gasteiger partial charge in [-0.3, -0.25) is 0 Å². The third kappa shape index (κ3) is 7.01. The highest BCUT2D eigenvalue weighted by Crippen LogP contribution is 2.19. The zero-order chi connectivity index (χ0) is 17.9. The van der Waals surface area contributed by atoms with Gasteiger partial charge in [0.05, 0.1) is 12.8 Å². The number of benzene rings is 2. The molecule has 0 amide bonds. The molecule has 0 aliphatic heterocycles. The number of amidine groups is 1. The Bertz CT molecular complexity index is 714. The van der Waals surface area contributed by atoms with Crippen LogP contribution in [0.15, 0.2) is 58.7 Å². The van der Waals surface area contributed by atoms with Crippen LogP contribution in [-0.2, 0) is 5.75 Å². The van der Waals surface area contributed by atoms with Crippen molar-refractivity contribution < 1.29 is 4.74 Å². The molecule has 5 heteroatoms. The van der Waals surface area contributed by atoms with E-state index in [4.69, 9.17) is 10.5 Å². The molecule has 0 spiro atoms. The highest BCUT2D eigenvalue weighted by Gasteiger charge is 2.00. The zero-order valence-electron chi connectivity index (χ0n) is 14.8. The van der Waals surface area contributed by atoms with E-state index in [9.17, 15) is 0 Å². The van der Waals surface area contributed by atoms with Crippen molar-refractivity contribution >= 4 is 23.1 Å². The van der Waals surface area contributed by atoms with Gasteiger partial charge in [0.25, 0.3) is 0 Å². The van der Waals surface area contributed by atoms with Crippen LogP contribution in [0.4, 0.5) is 0 Å². The minimum absolute atomic E-state index is 0.455. The Morgan fingerprint density at radius 3 is 2.72 bits per heavy atom. The Kier molecular flexibility index (Phi) is 8.05. The van der Waals surface area contributed by atoms with Gasteiger partial charge in [-0.05, 0) is 48.2 Å². The molecule has 0 saturated heterocycles. The van der Waals surface area contributed by atoms with E-state index in [1.807, 2.05) is 43.3 Å². The van der Waals surface area contributed by atoms with Crippen molar-refractivity contribution in [2.75, 3.05) is 6.61 Å². The zero-order valence-corrected chi connectivity index (χ0v) is 15.6. The summed E-state index contributed by atoms with van der Waals surface area (Å²) in [5.74, 6) is 1.71. The summed E-state index contributed by atoms with van der Waals surface area (Å²) in [6, 6.07) is 16.1. The quantitative estimate of drug-likeness (QED) is 0.321. The smallest absolute Gasteiger partial charge is 0.180 e. The van der Waals surface area contributed by atoms with Crippen LogP contribution in [-0.4, -0.2) is 18.0 Å². The monoisotopic (exact) mass is 355 g/mol. The van der Waals surface area contributed by atoms with Crippen molar-refractivity contribution in [3.63, 3.8) is 0 Å². The van der Waals surface area contributed by atoms with Gasteiger partial charge >= 0.3 is 0 Å². The lowest BCUT2D eigenvalue weighted by Gasteiger charge is -2.08. The number of unbranched alkanes of at least 4 members (excludes halogenated alkanes) is 1. The third-order valence-corrected chi connectivity index (χ3v) is 4.40. The summed E-state index contributed by atoms with van der Waals surface area (Å²) < 4.78 is 5.75. The molecule has 2 aromatic carbocycles. The molecule has 0 radical (unpaired) electrons. The van der Waals surface area contributed by atoms with Gasteiger partial charge in [0.15, 0.2) is 5.17 Å². The van der Waals surface area contributed by atoms with Crippen LogP contribution in [0.1, 0.15) is 36.5 Å². The number of rotatable bonds is 8. The number of nitrogens with two attached hydrogens (primary N) is 1. The maximum Gasteiger partial charge on any atom is 0.180 e. The molecular weight excluding hydrogens is 330 g/mol. The molecule has 2 rings (SSSR count). The topological polar surface area (TPSA) is 60.0 Å². The van der Waals surface area contributed by atoms with Gasteiger partial charge in [-0.25, -0.2) is 0 Å². The number of thioether (sulfide) groups is 1. The van der Waals surface area contributed by atoms with Gasteiger partial charge in [0, 0.05) is 5.75 Å². The summed E-state index contributed by atoms with van der Waals surface area (Å²) in [4.78, 5) is 0. The normalized spacial score (nSPS) is 11.8. The highest BCUT2D eigenvalue weighted by molar-refractivity contribution is 8.13. The third-order valence-electron chi connectivity index (χ3n) is 3.55. The van der Waals surface area contributed by atoms with Crippen molar-refractivity contribution in [3.8, 4) is 5.75 Å². The van der Waals surface area contributed by atoms with E-state index in [0.29, 0.717) is 5.17 Å². The Labute approximate surface area is 154 Å². The second-order valence-electron chi connectivity index (χ2n) is 5.68. The molecule has 25 heavy (non-hydrogen) atoms. The molecule has 0 fully saturated rings. The number of ether oxygens (including phenoxy) is 1. The molecule has 132 valence electrons. The number of aryl methyl sites for hydroxylation is 1. The second-order valence-corrected chi connectivity index (χ2v) is 6.68. The molecule has 4 nitrogen and oxygen atoms in total. The molecular formula is C20H25N3OS. The van der Waals surface area contributed by atoms with Gasteiger partial charge in [0.2, 0.25) is 0 Å². The van der Waals surface area contributed by atoms with Crippen molar-refractivity contribution in [3.05, 3.63) is 65.2 Å². The molecule has 0 saturated carbocycles. The minimum Gasteiger partial charge on any atom is -0.493 e. The van der Waals surface area contributed by atoms with Gasteiger partial charge in [-0.2, -0.15) is 5.10 Å². The predicted molar refractivity (Wildman–Crippen MR) is 109 cm³/mol. The Morgan fingerprint density at radius 1 is 1.20 bits per heavy atom. The summed E-state index contributed by atoms with van der Waals surface area (Å²) >= 11 is 1.48. The Balaban J connectivity index is 1.86. The second kappa shape index (κ2) is 10.6. The van der Waals surface area contributed by atoms with Crippen molar-refractivity contribution in [1.82, 2.24) is 0 Å². The first-order valence-corrected chi connectivity index (χ1v) is 9.44. The van der Waals surface area contributed by atoms with E-state index in [1.165, 1.54) is 17.3 Å². The number of hydrogen-bond acceptors (Lipinski definition) is 4. The standard InChI is InChI=1S/C20H25N3OS/c1-3-4-12-24-19-11-10-18(13-16(19)2)14-22-23-20(21)25-15-17-8-6-5-7-9-17/h5-11,13-14H,3-4,12,15H2,1-2H3,(H2,21,23). The molecule has 0 bridgehead atoms. The average molecular weight is 356 g/mol. The van der Waals surface area contributed by atoms with Crippen LogP contribution in [0.5, 0.6) is 5.75 Å². The van der Waals surface area contributed by atoms with Crippen LogP contribution in [0, 0.1) is 6.92 Å². The maximum atomic E-state index is 5.89. The van der Waals surface area contributed by atoms with Gasteiger partial charge in [-0.15, -0.1) is 5.10 Å². The molecule has 2 aromatic rings. The first kappa shape index (κ1) is 19.1. The number of hydrogen-bond donors (Lipinski definition) is 1. The van der Waals surface area contributed by atoms with E-state index >= 15 is 0 Å². The Hall–Kier alpha value is -2.27. The van der Waals surface area contributed by atoms with Crippen molar-refractivity contribution in [1.29, 1.82) is 0 Å². The predicted octanol–water partition coefficient (Wildman–Crippen LogP) is 4.76. The van der Waals surface area contributed by atoms with Crippen LogP contribution in [0.3, 0.4) is 0 Å². The van der Waals surface area contributed by atoms with Gasteiger partial charge < -0.3 is 10.5 Å². The van der Waals surface area contributed by atoms with Gasteiger partial charge in [0.1, 0.15) is 5.75 Å². The summed E-state index contributed by atoms with van der Waals surface area (Å²) in [5.41, 5.74) is 9.17.